The van der Waals surface area contributed by atoms with Crippen molar-refractivity contribution >= 4 is 5.91 Å². The van der Waals surface area contributed by atoms with Crippen molar-refractivity contribution in [3.8, 4) is 0 Å². The van der Waals surface area contributed by atoms with Crippen molar-refractivity contribution in [2.24, 2.45) is 0 Å². The number of aryl methyl sites for hydroxylation is 1. The highest BCUT2D eigenvalue weighted by molar-refractivity contribution is 5.87. The summed E-state index contributed by atoms with van der Waals surface area (Å²) in [5, 5.41) is 2.86. The number of rotatable bonds is 8. The van der Waals surface area contributed by atoms with Crippen LogP contribution in [0.25, 0.3) is 0 Å². The SMILES string of the molecule is O=C(C=CC=CCCCc1ccccc1)NCC1CCCO1. The van der Waals surface area contributed by atoms with Crippen molar-refractivity contribution < 1.29 is 9.53 Å². The molecule has 1 unspecified atom stereocenters. The van der Waals surface area contributed by atoms with Gasteiger partial charge in [-0.15, -0.1) is 0 Å². The predicted octanol–water partition coefficient (Wildman–Crippen LogP) is 3.42. The molecule has 0 radical (unpaired) electrons. The fraction of sp³-hybridized carbons (Fsp3) is 0.421. The molecule has 1 aliphatic heterocycles. The third kappa shape index (κ3) is 6.72. The Hall–Kier alpha value is -1.87. The third-order valence-corrected chi connectivity index (χ3v) is 3.70. The largest absolute Gasteiger partial charge is 0.376 e. The van der Waals surface area contributed by atoms with Crippen LogP contribution in [-0.4, -0.2) is 25.2 Å². The lowest BCUT2D eigenvalue weighted by atomic mass is 10.1. The molecule has 1 heterocycles. The summed E-state index contributed by atoms with van der Waals surface area (Å²) in [7, 11) is 0. The van der Waals surface area contributed by atoms with Crippen LogP contribution in [0.3, 0.4) is 0 Å². The lowest BCUT2D eigenvalue weighted by Gasteiger charge is -2.08. The Morgan fingerprint density at radius 2 is 2.14 bits per heavy atom. The Labute approximate surface area is 133 Å². The Balaban J connectivity index is 1.53. The van der Waals surface area contributed by atoms with E-state index in [4.69, 9.17) is 4.74 Å². The van der Waals surface area contributed by atoms with Crippen molar-refractivity contribution in [3.63, 3.8) is 0 Å². The van der Waals surface area contributed by atoms with Crippen LogP contribution >= 0.6 is 0 Å². The summed E-state index contributed by atoms with van der Waals surface area (Å²) in [4.78, 5) is 11.6. The van der Waals surface area contributed by atoms with Crippen LogP contribution in [0.1, 0.15) is 31.2 Å². The minimum absolute atomic E-state index is 0.0514. The first-order valence-electron chi connectivity index (χ1n) is 8.11. The second-order valence-corrected chi connectivity index (χ2v) is 5.55. The molecule has 22 heavy (non-hydrogen) atoms. The number of unbranched alkanes of at least 4 members (excludes halogenated alkanes) is 1. The molecule has 0 saturated carbocycles. The van der Waals surface area contributed by atoms with Gasteiger partial charge in [0.15, 0.2) is 0 Å². The van der Waals surface area contributed by atoms with E-state index < -0.39 is 0 Å². The zero-order valence-corrected chi connectivity index (χ0v) is 13.0. The van der Waals surface area contributed by atoms with Gasteiger partial charge < -0.3 is 10.1 Å². The minimum Gasteiger partial charge on any atom is -0.376 e. The van der Waals surface area contributed by atoms with Gasteiger partial charge in [0.05, 0.1) is 6.10 Å². The number of amides is 1. The van der Waals surface area contributed by atoms with Crippen LogP contribution < -0.4 is 5.32 Å². The summed E-state index contributed by atoms with van der Waals surface area (Å²) in [5.41, 5.74) is 1.37. The van der Waals surface area contributed by atoms with Gasteiger partial charge >= 0.3 is 0 Å². The summed E-state index contributed by atoms with van der Waals surface area (Å²) in [6, 6.07) is 10.5. The number of hydrogen-bond acceptors (Lipinski definition) is 2. The first kappa shape index (κ1) is 16.5. The fourth-order valence-electron chi connectivity index (χ4n) is 2.47. The quantitative estimate of drug-likeness (QED) is 0.454. The summed E-state index contributed by atoms with van der Waals surface area (Å²) in [6.45, 7) is 1.44. The molecular weight excluding hydrogens is 274 g/mol. The van der Waals surface area contributed by atoms with E-state index in [1.807, 2.05) is 12.1 Å². The molecule has 1 aromatic carbocycles. The van der Waals surface area contributed by atoms with Gasteiger partial charge in [-0.2, -0.15) is 0 Å². The lowest BCUT2D eigenvalue weighted by molar-refractivity contribution is -0.117. The first-order chi connectivity index (χ1) is 10.8. The normalized spacial score (nSPS) is 18.3. The fourth-order valence-corrected chi connectivity index (χ4v) is 2.47. The van der Waals surface area contributed by atoms with Gasteiger partial charge in [-0.25, -0.2) is 0 Å². The lowest BCUT2D eigenvalue weighted by Crippen LogP contribution is -2.30. The molecule has 2 rings (SSSR count). The van der Waals surface area contributed by atoms with E-state index in [-0.39, 0.29) is 12.0 Å². The van der Waals surface area contributed by atoms with Gasteiger partial charge in [0.1, 0.15) is 0 Å². The third-order valence-electron chi connectivity index (χ3n) is 3.70. The van der Waals surface area contributed by atoms with Crippen molar-refractivity contribution in [2.75, 3.05) is 13.2 Å². The molecule has 3 heteroatoms. The van der Waals surface area contributed by atoms with Crippen LogP contribution in [0, 0.1) is 0 Å². The number of carbonyl (C=O) groups is 1. The van der Waals surface area contributed by atoms with Crippen LogP contribution in [0.2, 0.25) is 0 Å². The molecule has 0 aromatic heterocycles. The van der Waals surface area contributed by atoms with Gasteiger partial charge in [0.25, 0.3) is 0 Å². The Kier molecular flexibility index (Phi) is 7.47. The number of carbonyl (C=O) groups excluding carboxylic acids is 1. The molecule has 1 aliphatic rings. The van der Waals surface area contributed by atoms with Crippen LogP contribution in [0.5, 0.6) is 0 Å². The second kappa shape index (κ2) is 9.96. The Morgan fingerprint density at radius 3 is 2.91 bits per heavy atom. The summed E-state index contributed by atoms with van der Waals surface area (Å²) in [6.07, 6.45) is 13.0. The average Bonchev–Trinajstić information content (AvgIpc) is 3.06. The molecule has 1 amide bonds. The Morgan fingerprint density at radius 1 is 1.27 bits per heavy atom. The molecular formula is C19H25NO2. The van der Waals surface area contributed by atoms with Gasteiger partial charge in [-0.3, -0.25) is 4.79 Å². The van der Waals surface area contributed by atoms with E-state index in [0.29, 0.717) is 6.54 Å². The standard InChI is InChI=1S/C19H25NO2/c21-19(20-16-18-13-9-15-22-18)14-8-3-1-2-5-10-17-11-6-4-7-12-17/h1,3-4,6-8,11-12,14,18H,2,5,9-10,13,15-16H2,(H,20,21). The maximum Gasteiger partial charge on any atom is 0.244 e. The van der Waals surface area contributed by atoms with Crippen molar-refractivity contribution in [3.05, 3.63) is 60.2 Å². The first-order valence-corrected chi connectivity index (χ1v) is 8.11. The minimum atomic E-state index is -0.0514. The predicted molar refractivity (Wildman–Crippen MR) is 89.6 cm³/mol. The maximum atomic E-state index is 11.6. The smallest absolute Gasteiger partial charge is 0.244 e. The molecule has 1 aromatic rings. The highest BCUT2D eigenvalue weighted by atomic mass is 16.5. The van der Waals surface area contributed by atoms with E-state index in [0.717, 1.165) is 38.7 Å². The van der Waals surface area contributed by atoms with Gasteiger partial charge in [-0.1, -0.05) is 48.6 Å². The molecule has 1 atom stereocenters. The van der Waals surface area contributed by atoms with Crippen LogP contribution in [-0.2, 0) is 16.0 Å². The summed E-state index contributed by atoms with van der Waals surface area (Å²) in [5.74, 6) is -0.0514. The molecule has 0 bridgehead atoms. The van der Waals surface area contributed by atoms with E-state index in [1.165, 1.54) is 5.56 Å². The monoisotopic (exact) mass is 299 g/mol. The molecule has 1 N–H and O–H groups in total. The summed E-state index contributed by atoms with van der Waals surface area (Å²) >= 11 is 0. The van der Waals surface area contributed by atoms with Crippen LogP contribution in [0.15, 0.2) is 54.6 Å². The molecule has 0 aliphatic carbocycles. The van der Waals surface area contributed by atoms with Gasteiger partial charge in [0.2, 0.25) is 5.91 Å². The van der Waals surface area contributed by atoms with Crippen molar-refractivity contribution in [2.45, 2.75) is 38.2 Å². The highest BCUT2D eigenvalue weighted by Crippen LogP contribution is 2.10. The van der Waals surface area contributed by atoms with E-state index in [9.17, 15) is 4.79 Å². The van der Waals surface area contributed by atoms with E-state index >= 15 is 0 Å². The van der Waals surface area contributed by atoms with Crippen LogP contribution in [0.4, 0.5) is 0 Å². The maximum absolute atomic E-state index is 11.6. The topological polar surface area (TPSA) is 38.3 Å². The number of nitrogens with one attached hydrogen (secondary N) is 1. The molecule has 118 valence electrons. The number of hydrogen-bond donors (Lipinski definition) is 1. The molecule has 1 saturated heterocycles. The zero-order chi connectivity index (χ0) is 15.5. The summed E-state index contributed by atoms with van der Waals surface area (Å²) < 4.78 is 5.46. The van der Waals surface area contributed by atoms with E-state index in [2.05, 4.69) is 35.7 Å². The average molecular weight is 299 g/mol. The molecule has 1 fully saturated rings. The second-order valence-electron chi connectivity index (χ2n) is 5.55. The van der Waals surface area contributed by atoms with Gasteiger partial charge in [-0.05, 0) is 37.7 Å². The zero-order valence-electron chi connectivity index (χ0n) is 13.0. The number of benzene rings is 1. The number of ether oxygens (including phenoxy) is 1. The Bertz CT molecular complexity index is 487. The number of allylic oxidation sites excluding steroid dienone is 3. The van der Waals surface area contributed by atoms with Gasteiger partial charge in [0, 0.05) is 19.2 Å². The van der Waals surface area contributed by atoms with Crippen molar-refractivity contribution in [1.29, 1.82) is 0 Å². The molecule has 3 nitrogen and oxygen atoms in total. The highest BCUT2D eigenvalue weighted by Gasteiger charge is 2.15. The van der Waals surface area contributed by atoms with E-state index in [1.54, 1.807) is 12.2 Å². The van der Waals surface area contributed by atoms with Crippen molar-refractivity contribution in [1.82, 2.24) is 5.32 Å². The molecule has 0 spiro atoms.